The predicted octanol–water partition coefficient (Wildman–Crippen LogP) is 4.27. The van der Waals surface area contributed by atoms with Crippen molar-refractivity contribution in [3.8, 4) is 0 Å². The van der Waals surface area contributed by atoms with Crippen LogP contribution in [0.2, 0.25) is 0 Å². The van der Waals surface area contributed by atoms with Crippen molar-refractivity contribution in [2.75, 3.05) is 12.4 Å². The van der Waals surface area contributed by atoms with Gasteiger partial charge in [-0.2, -0.15) is 0 Å². The smallest absolute Gasteiger partial charge is 0.272 e. The van der Waals surface area contributed by atoms with Crippen LogP contribution in [0.15, 0.2) is 72.9 Å². The first-order valence-corrected chi connectivity index (χ1v) is 8.67. The van der Waals surface area contributed by atoms with Gasteiger partial charge in [-0.15, -0.1) is 0 Å². The molecular weight excluding hydrogens is 322 g/mol. The highest BCUT2D eigenvalue weighted by molar-refractivity contribution is 5.92. The van der Waals surface area contributed by atoms with Crippen LogP contribution in [-0.2, 0) is 13.1 Å². The molecule has 3 rings (SSSR count). The lowest BCUT2D eigenvalue weighted by Gasteiger charge is -2.17. The summed E-state index contributed by atoms with van der Waals surface area (Å²) in [5, 5.41) is 3.33. The monoisotopic (exact) mass is 345 g/mol. The molecular formula is C22H23N3O. The molecule has 2 aromatic carbocycles. The van der Waals surface area contributed by atoms with E-state index in [0.29, 0.717) is 12.2 Å². The third-order valence-corrected chi connectivity index (χ3v) is 4.21. The van der Waals surface area contributed by atoms with Gasteiger partial charge in [0.25, 0.3) is 5.91 Å². The normalized spacial score (nSPS) is 10.4. The standard InChI is InChI=1S/C22H23N3O/c1-17-8-10-18(11-9-17)14-23-20-12-13-21(24-15-20)22(26)25(2)16-19-6-4-3-5-7-19/h3-13,15,23H,14,16H2,1-2H3. The number of hydrogen-bond acceptors (Lipinski definition) is 3. The maximum absolute atomic E-state index is 12.5. The average molecular weight is 345 g/mol. The van der Waals surface area contributed by atoms with Crippen molar-refractivity contribution in [2.24, 2.45) is 0 Å². The first-order valence-electron chi connectivity index (χ1n) is 8.67. The largest absolute Gasteiger partial charge is 0.380 e. The van der Waals surface area contributed by atoms with E-state index in [4.69, 9.17) is 0 Å². The maximum Gasteiger partial charge on any atom is 0.272 e. The molecule has 4 nitrogen and oxygen atoms in total. The predicted molar refractivity (Wildman–Crippen MR) is 105 cm³/mol. The summed E-state index contributed by atoms with van der Waals surface area (Å²) < 4.78 is 0. The van der Waals surface area contributed by atoms with Crippen LogP contribution in [0.4, 0.5) is 5.69 Å². The highest BCUT2D eigenvalue weighted by Crippen LogP contribution is 2.12. The summed E-state index contributed by atoms with van der Waals surface area (Å²) >= 11 is 0. The SMILES string of the molecule is Cc1ccc(CNc2ccc(C(=O)N(C)Cc3ccccc3)nc2)cc1. The number of nitrogens with zero attached hydrogens (tertiary/aromatic N) is 2. The number of carbonyl (C=O) groups is 1. The second kappa shape index (κ2) is 8.30. The lowest BCUT2D eigenvalue weighted by Crippen LogP contribution is -2.26. The summed E-state index contributed by atoms with van der Waals surface area (Å²) in [6, 6.07) is 22.0. The van der Waals surface area contributed by atoms with Gasteiger partial charge in [-0.3, -0.25) is 4.79 Å². The first-order chi connectivity index (χ1) is 12.6. The lowest BCUT2D eigenvalue weighted by molar-refractivity contribution is 0.0779. The van der Waals surface area contributed by atoms with Gasteiger partial charge in [0.2, 0.25) is 0 Å². The van der Waals surface area contributed by atoms with Crippen LogP contribution in [0.5, 0.6) is 0 Å². The molecule has 26 heavy (non-hydrogen) atoms. The number of pyridine rings is 1. The Morgan fingerprint density at radius 1 is 0.962 bits per heavy atom. The van der Waals surface area contributed by atoms with Gasteiger partial charge in [-0.1, -0.05) is 60.2 Å². The third kappa shape index (κ3) is 4.70. The summed E-state index contributed by atoms with van der Waals surface area (Å²) in [7, 11) is 1.79. The van der Waals surface area contributed by atoms with Crippen molar-refractivity contribution < 1.29 is 4.79 Å². The Kier molecular flexibility index (Phi) is 5.64. The van der Waals surface area contributed by atoms with E-state index in [1.165, 1.54) is 11.1 Å². The Morgan fingerprint density at radius 3 is 2.35 bits per heavy atom. The second-order valence-electron chi connectivity index (χ2n) is 6.42. The van der Waals surface area contributed by atoms with Crippen LogP contribution >= 0.6 is 0 Å². The van der Waals surface area contributed by atoms with Gasteiger partial charge in [0.15, 0.2) is 0 Å². The number of anilines is 1. The van der Waals surface area contributed by atoms with Crippen LogP contribution in [0.3, 0.4) is 0 Å². The molecule has 0 saturated carbocycles. The van der Waals surface area contributed by atoms with Crippen LogP contribution in [0.25, 0.3) is 0 Å². The summed E-state index contributed by atoms with van der Waals surface area (Å²) in [4.78, 5) is 18.5. The fraction of sp³-hybridized carbons (Fsp3) is 0.182. The van der Waals surface area contributed by atoms with Gasteiger partial charge in [0.05, 0.1) is 11.9 Å². The number of hydrogen-bond donors (Lipinski definition) is 1. The van der Waals surface area contributed by atoms with E-state index in [9.17, 15) is 4.79 Å². The molecule has 0 aliphatic carbocycles. The van der Waals surface area contributed by atoms with Gasteiger partial charge in [0.1, 0.15) is 5.69 Å². The number of carbonyl (C=O) groups excluding carboxylic acids is 1. The van der Waals surface area contributed by atoms with Crippen LogP contribution in [-0.4, -0.2) is 22.8 Å². The van der Waals surface area contributed by atoms with E-state index in [1.54, 1.807) is 24.2 Å². The molecule has 1 heterocycles. The molecule has 0 atom stereocenters. The van der Waals surface area contributed by atoms with E-state index in [-0.39, 0.29) is 5.91 Å². The fourth-order valence-electron chi connectivity index (χ4n) is 2.66. The zero-order valence-electron chi connectivity index (χ0n) is 15.1. The Morgan fingerprint density at radius 2 is 1.69 bits per heavy atom. The van der Waals surface area contributed by atoms with Crippen molar-refractivity contribution >= 4 is 11.6 Å². The minimum absolute atomic E-state index is 0.0843. The van der Waals surface area contributed by atoms with Crippen molar-refractivity contribution in [3.63, 3.8) is 0 Å². The Hall–Kier alpha value is -3.14. The van der Waals surface area contributed by atoms with Gasteiger partial charge in [-0.25, -0.2) is 4.98 Å². The maximum atomic E-state index is 12.5. The molecule has 0 spiro atoms. The Labute approximate surface area is 154 Å². The van der Waals surface area contributed by atoms with E-state index in [1.807, 2.05) is 36.4 Å². The van der Waals surface area contributed by atoms with Gasteiger partial charge < -0.3 is 10.2 Å². The molecule has 0 fully saturated rings. The molecule has 1 amide bonds. The highest BCUT2D eigenvalue weighted by Gasteiger charge is 2.13. The zero-order valence-corrected chi connectivity index (χ0v) is 15.1. The molecule has 0 unspecified atom stereocenters. The molecule has 0 aliphatic rings. The fourth-order valence-corrected chi connectivity index (χ4v) is 2.66. The highest BCUT2D eigenvalue weighted by atomic mass is 16.2. The van der Waals surface area contributed by atoms with Crippen LogP contribution < -0.4 is 5.32 Å². The second-order valence-corrected chi connectivity index (χ2v) is 6.42. The molecule has 1 N–H and O–H groups in total. The quantitative estimate of drug-likeness (QED) is 0.725. The molecule has 1 aromatic heterocycles. The molecule has 0 aliphatic heterocycles. The van der Waals surface area contributed by atoms with E-state index in [0.717, 1.165) is 17.8 Å². The van der Waals surface area contributed by atoms with Crippen LogP contribution in [0.1, 0.15) is 27.2 Å². The van der Waals surface area contributed by atoms with E-state index in [2.05, 4.69) is 41.5 Å². The van der Waals surface area contributed by atoms with E-state index < -0.39 is 0 Å². The molecule has 4 heteroatoms. The number of nitrogens with one attached hydrogen (secondary N) is 1. The number of aryl methyl sites for hydroxylation is 1. The van der Waals surface area contributed by atoms with Crippen LogP contribution in [0, 0.1) is 6.92 Å². The Bertz CT molecular complexity index is 843. The topological polar surface area (TPSA) is 45.2 Å². The molecule has 0 radical (unpaired) electrons. The lowest BCUT2D eigenvalue weighted by atomic mass is 10.1. The first kappa shape index (κ1) is 17.7. The third-order valence-electron chi connectivity index (χ3n) is 4.21. The van der Waals surface area contributed by atoms with Gasteiger partial charge in [0, 0.05) is 20.1 Å². The summed E-state index contributed by atoms with van der Waals surface area (Å²) in [6.45, 7) is 3.36. The van der Waals surface area contributed by atoms with Crippen molar-refractivity contribution in [1.29, 1.82) is 0 Å². The minimum atomic E-state index is -0.0843. The van der Waals surface area contributed by atoms with Crippen molar-refractivity contribution in [3.05, 3.63) is 95.3 Å². The summed E-state index contributed by atoms with van der Waals surface area (Å²) in [5.41, 5.74) is 4.90. The molecule has 3 aromatic rings. The molecule has 0 saturated heterocycles. The number of amides is 1. The number of aromatic nitrogens is 1. The number of rotatable bonds is 6. The molecule has 0 bridgehead atoms. The molecule has 132 valence electrons. The zero-order chi connectivity index (χ0) is 18.4. The van der Waals surface area contributed by atoms with Gasteiger partial charge >= 0.3 is 0 Å². The number of benzene rings is 2. The van der Waals surface area contributed by atoms with Crippen molar-refractivity contribution in [2.45, 2.75) is 20.0 Å². The van der Waals surface area contributed by atoms with E-state index >= 15 is 0 Å². The summed E-state index contributed by atoms with van der Waals surface area (Å²) in [5.74, 6) is -0.0843. The van der Waals surface area contributed by atoms with Gasteiger partial charge in [-0.05, 0) is 30.2 Å². The van der Waals surface area contributed by atoms with Crippen molar-refractivity contribution in [1.82, 2.24) is 9.88 Å². The summed E-state index contributed by atoms with van der Waals surface area (Å²) in [6.07, 6.45) is 1.71. The average Bonchev–Trinajstić information content (AvgIpc) is 2.68. The Balaban J connectivity index is 1.57. The minimum Gasteiger partial charge on any atom is -0.380 e.